The molecule has 0 N–H and O–H groups in total. The van der Waals surface area contributed by atoms with Gasteiger partial charge in [0.15, 0.2) is 0 Å². The molecular formula is C14H9Br2ClF2O. The van der Waals surface area contributed by atoms with E-state index in [1.54, 1.807) is 18.2 Å². The molecule has 2 rings (SSSR count). The van der Waals surface area contributed by atoms with Crippen LogP contribution in [0.5, 0.6) is 5.75 Å². The number of alkyl halides is 1. The van der Waals surface area contributed by atoms with Crippen LogP contribution in [0.1, 0.15) is 16.0 Å². The Bertz CT molecular complexity index is 626. The largest absolute Gasteiger partial charge is 0.497 e. The Morgan fingerprint density at radius 2 is 1.75 bits per heavy atom. The second-order valence-electron chi connectivity index (χ2n) is 4.03. The summed E-state index contributed by atoms with van der Waals surface area (Å²) in [7, 11) is 1.36. The predicted octanol–water partition coefficient (Wildman–Crippen LogP) is 5.87. The third kappa shape index (κ3) is 3.15. The molecule has 1 unspecified atom stereocenters. The maximum atomic E-state index is 14.1. The molecule has 0 aromatic heterocycles. The lowest BCUT2D eigenvalue weighted by atomic mass is 10.0. The molecule has 2 aromatic rings. The number of halogens is 5. The molecule has 6 heteroatoms. The van der Waals surface area contributed by atoms with Gasteiger partial charge in [0, 0.05) is 27.2 Å². The van der Waals surface area contributed by atoms with Gasteiger partial charge in [-0.3, -0.25) is 0 Å². The molecule has 0 saturated carbocycles. The van der Waals surface area contributed by atoms with Crippen LogP contribution in [0, 0.1) is 11.6 Å². The zero-order chi connectivity index (χ0) is 14.9. The Hall–Kier alpha value is -0.650. The summed E-state index contributed by atoms with van der Waals surface area (Å²) in [5, 5.41) is 0.538. The van der Waals surface area contributed by atoms with Crippen LogP contribution in [0.2, 0.25) is 5.02 Å². The smallest absolute Gasteiger partial charge is 0.134 e. The van der Waals surface area contributed by atoms with Crippen LogP contribution in [-0.2, 0) is 0 Å². The van der Waals surface area contributed by atoms with Crippen molar-refractivity contribution >= 4 is 43.5 Å². The normalized spacial score (nSPS) is 12.3. The van der Waals surface area contributed by atoms with E-state index in [0.717, 1.165) is 12.1 Å². The van der Waals surface area contributed by atoms with Crippen LogP contribution in [0.25, 0.3) is 0 Å². The van der Waals surface area contributed by atoms with Crippen molar-refractivity contribution in [2.75, 3.05) is 7.11 Å². The van der Waals surface area contributed by atoms with Gasteiger partial charge in [0.2, 0.25) is 0 Å². The number of benzene rings is 2. The topological polar surface area (TPSA) is 9.23 Å². The van der Waals surface area contributed by atoms with Crippen LogP contribution in [0.15, 0.2) is 34.8 Å². The summed E-state index contributed by atoms with van der Waals surface area (Å²) in [4.78, 5) is -0.639. The Morgan fingerprint density at radius 1 is 1.15 bits per heavy atom. The van der Waals surface area contributed by atoms with Crippen LogP contribution in [0.4, 0.5) is 8.78 Å². The van der Waals surface area contributed by atoms with Crippen LogP contribution in [0.3, 0.4) is 0 Å². The fourth-order valence-corrected chi connectivity index (χ4v) is 3.84. The van der Waals surface area contributed by atoms with Crippen molar-refractivity contribution in [1.82, 2.24) is 0 Å². The zero-order valence-electron chi connectivity index (χ0n) is 10.3. The third-order valence-corrected chi connectivity index (χ3v) is 4.65. The molecule has 2 aromatic carbocycles. The summed E-state index contributed by atoms with van der Waals surface area (Å²) in [6.07, 6.45) is 0. The van der Waals surface area contributed by atoms with E-state index in [0.29, 0.717) is 15.1 Å². The highest BCUT2D eigenvalue weighted by Crippen LogP contribution is 2.39. The van der Waals surface area contributed by atoms with Gasteiger partial charge in [-0.05, 0) is 17.7 Å². The van der Waals surface area contributed by atoms with Crippen molar-refractivity contribution in [1.29, 1.82) is 0 Å². The van der Waals surface area contributed by atoms with Crippen molar-refractivity contribution in [3.05, 3.63) is 62.6 Å². The van der Waals surface area contributed by atoms with E-state index < -0.39 is 16.5 Å². The summed E-state index contributed by atoms with van der Waals surface area (Å²) >= 11 is 12.5. The highest BCUT2D eigenvalue weighted by molar-refractivity contribution is 9.11. The number of hydrogen-bond acceptors (Lipinski definition) is 1. The Balaban J connectivity index is 2.50. The minimum Gasteiger partial charge on any atom is -0.497 e. The van der Waals surface area contributed by atoms with Crippen LogP contribution >= 0.6 is 43.5 Å². The molecule has 0 spiro atoms. The maximum Gasteiger partial charge on any atom is 0.134 e. The first-order valence-electron chi connectivity index (χ1n) is 5.56. The number of rotatable bonds is 3. The molecule has 0 aliphatic carbocycles. The van der Waals surface area contributed by atoms with E-state index in [1.165, 1.54) is 7.11 Å². The zero-order valence-corrected chi connectivity index (χ0v) is 14.2. The first kappa shape index (κ1) is 15.7. The Labute approximate surface area is 137 Å². The first-order valence-corrected chi connectivity index (χ1v) is 7.64. The molecule has 1 nitrogen and oxygen atoms in total. The standard InChI is InChI=1S/C14H9Br2ClF2O/c1-20-8-5-11(18)13(12(19)6-8)14(16)9-3-2-7(17)4-10(9)15/h2-6,14H,1H3. The van der Waals surface area contributed by atoms with E-state index in [4.69, 9.17) is 16.3 Å². The molecule has 0 radical (unpaired) electrons. The van der Waals surface area contributed by atoms with Gasteiger partial charge in [0.05, 0.1) is 11.9 Å². The average molecular weight is 426 g/mol. The van der Waals surface area contributed by atoms with Crippen molar-refractivity contribution in [2.24, 2.45) is 0 Å². The molecule has 1 atom stereocenters. The van der Waals surface area contributed by atoms with Gasteiger partial charge in [-0.15, -0.1) is 0 Å². The van der Waals surface area contributed by atoms with Crippen LogP contribution in [-0.4, -0.2) is 7.11 Å². The molecule has 0 bridgehead atoms. The van der Waals surface area contributed by atoms with Crippen LogP contribution < -0.4 is 4.74 Å². The highest BCUT2D eigenvalue weighted by atomic mass is 79.9. The number of methoxy groups -OCH3 is 1. The van der Waals surface area contributed by atoms with Crippen molar-refractivity contribution in [2.45, 2.75) is 4.83 Å². The SMILES string of the molecule is COc1cc(F)c(C(Br)c2ccc(Cl)cc2Br)c(F)c1. The summed E-state index contributed by atoms with van der Waals surface area (Å²) in [6, 6.07) is 7.33. The van der Waals surface area contributed by atoms with Gasteiger partial charge in [0.25, 0.3) is 0 Å². The minimum atomic E-state index is -0.675. The molecular weight excluding hydrogens is 417 g/mol. The fourth-order valence-electron chi connectivity index (χ4n) is 1.78. The van der Waals surface area contributed by atoms with Gasteiger partial charge in [-0.25, -0.2) is 8.78 Å². The lowest BCUT2D eigenvalue weighted by molar-refractivity contribution is 0.405. The Morgan fingerprint density at radius 3 is 2.25 bits per heavy atom. The second kappa shape index (κ2) is 6.41. The summed E-state index contributed by atoms with van der Waals surface area (Å²) in [5.74, 6) is -1.21. The lowest BCUT2D eigenvalue weighted by Crippen LogP contribution is -2.02. The molecule has 20 heavy (non-hydrogen) atoms. The second-order valence-corrected chi connectivity index (χ2v) is 6.24. The predicted molar refractivity (Wildman–Crippen MR) is 82.8 cm³/mol. The quantitative estimate of drug-likeness (QED) is 0.558. The van der Waals surface area contributed by atoms with Gasteiger partial charge >= 0.3 is 0 Å². The summed E-state index contributed by atoms with van der Waals surface area (Å²) < 4.78 is 33.6. The summed E-state index contributed by atoms with van der Waals surface area (Å²) in [6.45, 7) is 0. The van der Waals surface area contributed by atoms with Crippen molar-refractivity contribution in [3.8, 4) is 5.75 Å². The van der Waals surface area contributed by atoms with E-state index in [2.05, 4.69) is 31.9 Å². The van der Waals surface area contributed by atoms with E-state index in [-0.39, 0.29) is 11.3 Å². The van der Waals surface area contributed by atoms with E-state index in [9.17, 15) is 8.78 Å². The average Bonchev–Trinajstić information content (AvgIpc) is 2.37. The minimum absolute atomic E-state index is 0.0752. The van der Waals surface area contributed by atoms with Gasteiger partial charge in [0.1, 0.15) is 17.4 Å². The molecule has 0 aliphatic heterocycles. The first-order chi connectivity index (χ1) is 9.43. The van der Waals surface area contributed by atoms with Crippen molar-refractivity contribution in [3.63, 3.8) is 0 Å². The molecule has 0 aliphatic rings. The monoisotopic (exact) mass is 424 g/mol. The van der Waals surface area contributed by atoms with Gasteiger partial charge < -0.3 is 4.74 Å². The number of ether oxygens (including phenoxy) is 1. The van der Waals surface area contributed by atoms with E-state index >= 15 is 0 Å². The summed E-state index contributed by atoms with van der Waals surface area (Å²) in [5.41, 5.74) is 0.603. The Kier molecular flexibility index (Phi) is 5.04. The van der Waals surface area contributed by atoms with Crippen molar-refractivity contribution < 1.29 is 13.5 Å². The molecule has 106 valence electrons. The van der Waals surface area contributed by atoms with E-state index in [1.807, 2.05) is 0 Å². The highest BCUT2D eigenvalue weighted by Gasteiger charge is 2.22. The number of hydrogen-bond donors (Lipinski definition) is 0. The third-order valence-electron chi connectivity index (χ3n) is 2.78. The molecule has 0 amide bonds. The maximum absolute atomic E-state index is 14.1. The molecule has 0 fully saturated rings. The van der Waals surface area contributed by atoms with Gasteiger partial charge in [-0.2, -0.15) is 0 Å². The van der Waals surface area contributed by atoms with Gasteiger partial charge in [-0.1, -0.05) is 49.5 Å². The fraction of sp³-hybridized carbons (Fsp3) is 0.143. The molecule has 0 saturated heterocycles. The molecule has 0 heterocycles. The lowest BCUT2D eigenvalue weighted by Gasteiger charge is -2.15.